The van der Waals surface area contributed by atoms with Gasteiger partial charge in [-0.2, -0.15) is 13.2 Å². The van der Waals surface area contributed by atoms with Crippen molar-refractivity contribution in [3.05, 3.63) is 64.0 Å². The molecule has 11 heteroatoms. The first-order valence-electron chi connectivity index (χ1n) is 10.3. The number of nitrogens with one attached hydrogen (secondary N) is 1. The number of nitrogens with zero attached hydrogens (tertiary/aromatic N) is 1. The number of hydrogen-bond acceptors (Lipinski definition) is 4. The lowest BCUT2D eigenvalue weighted by molar-refractivity contribution is -0.137. The highest BCUT2D eigenvalue weighted by atomic mass is 79.9. The molecular weight excluding hydrogens is 556 g/mol. The Hall–Kier alpha value is -1.69. The molecule has 3 rings (SSSR count). The van der Waals surface area contributed by atoms with E-state index in [1.54, 1.807) is 24.3 Å². The van der Waals surface area contributed by atoms with Crippen LogP contribution in [0.1, 0.15) is 18.4 Å². The van der Waals surface area contributed by atoms with Gasteiger partial charge in [0.25, 0.3) is 5.91 Å². The second kappa shape index (κ2) is 11.4. The van der Waals surface area contributed by atoms with Crippen LogP contribution in [0.2, 0.25) is 0 Å². The first-order chi connectivity index (χ1) is 16.0. The summed E-state index contributed by atoms with van der Waals surface area (Å²) in [6.07, 6.45) is -1.59. The average Bonchev–Trinajstić information content (AvgIpc) is 2.78. The topological polar surface area (TPSA) is 49.4 Å². The molecule has 1 fully saturated rings. The van der Waals surface area contributed by atoms with E-state index in [-0.39, 0.29) is 38.0 Å². The molecule has 1 amide bonds. The summed E-state index contributed by atoms with van der Waals surface area (Å²) in [5.41, 5.74) is -2.27. The van der Waals surface area contributed by atoms with Crippen LogP contribution in [-0.2, 0) is 21.8 Å². The van der Waals surface area contributed by atoms with E-state index in [1.807, 2.05) is 4.31 Å². The Balaban J connectivity index is 1.72. The van der Waals surface area contributed by atoms with Crippen LogP contribution in [0.4, 0.5) is 17.6 Å². The molecule has 1 unspecified atom stereocenters. The molecule has 2 aromatic carbocycles. The van der Waals surface area contributed by atoms with Gasteiger partial charge in [-0.15, -0.1) is 0 Å². The summed E-state index contributed by atoms with van der Waals surface area (Å²) in [7, 11) is -1.14. The summed E-state index contributed by atoms with van der Waals surface area (Å²) in [6.45, 7) is 0.586. The van der Waals surface area contributed by atoms with Crippen LogP contribution < -0.4 is 5.32 Å². The third-order valence-electron chi connectivity index (χ3n) is 5.28. The number of carbonyl (C=O) groups is 1. The fraction of sp³-hybridized carbons (Fsp3) is 0.348. The largest absolute Gasteiger partial charge is 0.417 e. The Morgan fingerprint density at radius 1 is 1.21 bits per heavy atom. The summed E-state index contributed by atoms with van der Waals surface area (Å²) in [4.78, 5) is 12.9. The van der Waals surface area contributed by atoms with Gasteiger partial charge in [0.05, 0.1) is 5.56 Å². The van der Waals surface area contributed by atoms with Crippen molar-refractivity contribution in [2.45, 2.75) is 29.6 Å². The highest BCUT2D eigenvalue weighted by Crippen LogP contribution is 2.43. The van der Waals surface area contributed by atoms with E-state index in [1.165, 1.54) is 41.8 Å². The molecule has 1 N–H and O–H groups in total. The van der Waals surface area contributed by atoms with Crippen LogP contribution >= 0.6 is 27.9 Å². The maximum atomic E-state index is 15.2. The predicted molar refractivity (Wildman–Crippen MR) is 131 cm³/mol. The van der Waals surface area contributed by atoms with Gasteiger partial charge in [-0.25, -0.2) is 8.70 Å². The second-order valence-electron chi connectivity index (χ2n) is 7.75. The second-order valence-corrected chi connectivity index (χ2v) is 11.1. The smallest absolute Gasteiger partial charge is 0.350 e. The SMILES string of the molecule is CS(=O)/C=C\CNC(=O)C1(F)CCN(Sc2ccc(Br)cc2-c2ccccc2C(F)(F)F)CC1. The molecule has 184 valence electrons. The van der Waals surface area contributed by atoms with Crippen LogP contribution in [0.15, 0.2) is 63.3 Å². The predicted octanol–water partition coefficient (Wildman–Crippen LogP) is 5.95. The van der Waals surface area contributed by atoms with E-state index in [9.17, 15) is 22.2 Å². The molecular formula is C23H23BrF4N2O2S2. The monoisotopic (exact) mass is 578 g/mol. The average molecular weight is 579 g/mol. The first kappa shape index (κ1) is 26.9. The number of halogens is 5. The van der Waals surface area contributed by atoms with E-state index < -0.39 is 34.1 Å². The number of benzene rings is 2. The van der Waals surface area contributed by atoms with Gasteiger partial charge < -0.3 is 5.32 Å². The summed E-state index contributed by atoms with van der Waals surface area (Å²) in [5.74, 6) is -0.716. The van der Waals surface area contributed by atoms with E-state index in [4.69, 9.17) is 0 Å². The van der Waals surface area contributed by atoms with Crippen molar-refractivity contribution in [2.24, 2.45) is 0 Å². The van der Waals surface area contributed by atoms with Crippen molar-refractivity contribution >= 4 is 44.6 Å². The highest BCUT2D eigenvalue weighted by molar-refractivity contribution is 9.10. The Morgan fingerprint density at radius 3 is 2.53 bits per heavy atom. The Kier molecular flexibility index (Phi) is 8.99. The van der Waals surface area contributed by atoms with Gasteiger partial charge in [0.1, 0.15) is 0 Å². The third kappa shape index (κ3) is 6.93. The molecule has 1 atom stereocenters. The number of alkyl halides is 4. The summed E-state index contributed by atoms with van der Waals surface area (Å²) in [5, 5.41) is 3.91. The number of piperidine rings is 1. The summed E-state index contributed by atoms with van der Waals surface area (Å²) in [6, 6.07) is 10.5. The number of rotatable bonds is 7. The molecule has 0 radical (unpaired) electrons. The highest BCUT2D eigenvalue weighted by Gasteiger charge is 2.42. The molecule has 1 saturated heterocycles. The standard InChI is InChI=1S/C23H23BrF4N2O2S2/c1-34(32)14-4-11-29-21(31)22(25)9-12-30(13-10-22)33-20-8-7-16(24)15-18(20)17-5-2-3-6-19(17)23(26,27)28/h2-8,14-15H,9-13H2,1H3,(H,29,31)/b14-4-. The maximum absolute atomic E-state index is 15.2. The van der Waals surface area contributed by atoms with Crippen LogP contribution in [0.25, 0.3) is 11.1 Å². The molecule has 1 aliphatic heterocycles. The van der Waals surface area contributed by atoms with E-state index in [0.29, 0.717) is 14.9 Å². The molecule has 0 saturated carbocycles. The van der Waals surface area contributed by atoms with Crippen molar-refractivity contribution in [2.75, 3.05) is 25.9 Å². The van der Waals surface area contributed by atoms with Gasteiger partial charge in [0, 0.05) is 58.9 Å². The Morgan fingerprint density at radius 2 is 1.88 bits per heavy atom. The molecule has 1 aliphatic rings. The fourth-order valence-electron chi connectivity index (χ4n) is 3.55. The minimum absolute atomic E-state index is 0.0414. The Bertz CT molecular complexity index is 1090. The summed E-state index contributed by atoms with van der Waals surface area (Å²) >= 11 is 4.59. The number of carbonyl (C=O) groups excluding carboxylic acids is 1. The maximum Gasteiger partial charge on any atom is 0.417 e. The molecule has 4 nitrogen and oxygen atoms in total. The van der Waals surface area contributed by atoms with Crippen molar-refractivity contribution in [3.8, 4) is 11.1 Å². The van der Waals surface area contributed by atoms with Crippen molar-refractivity contribution in [1.29, 1.82) is 0 Å². The molecule has 1 heterocycles. The first-order valence-corrected chi connectivity index (χ1v) is 13.5. The van der Waals surface area contributed by atoms with Crippen molar-refractivity contribution in [3.63, 3.8) is 0 Å². The molecule has 2 aromatic rings. The van der Waals surface area contributed by atoms with Gasteiger partial charge in [-0.3, -0.25) is 9.00 Å². The lowest BCUT2D eigenvalue weighted by atomic mass is 9.93. The van der Waals surface area contributed by atoms with Gasteiger partial charge in [0.15, 0.2) is 5.67 Å². The van der Waals surface area contributed by atoms with Gasteiger partial charge in [-0.05, 0) is 52.7 Å². The van der Waals surface area contributed by atoms with Crippen molar-refractivity contribution < 1.29 is 26.6 Å². The zero-order valence-electron chi connectivity index (χ0n) is 18.2. The molecule has 0 aromatic heterocycles. The molecule has 34 heavy (non-hydrogen) atoms. The molecule has 0 aliphatic carbocycles. The van der Waals surface area contributed by atoms with E-state index >= 15 is 4.39 Å². The lowest BCUT2D eigenvalue weighted by Crippen LogP contribution is -2.49. The normalized spacial score (nSPS) is 17.6. The molecule has 0 bridgehead atoms. The zero-order chi connectivity index (χ0) is 24.9. The van der Waals surface area contributed by atoms with Crippen LogP contribution in [0.5, 0.6) is 0 Å². The summed E-state index contributed by atoms with van der Waals surface area (Å²) < 4.78 is 69.5. The van der Waals surface area contributed by atoms with Crippen LogP contribution in [0, 0.1) is 0 Å². The van der Waals surface area contributed by atoms with Gasteiger partial charge in [-0.1, -0.05) is 40.2 Å². The Labute approximate surface area is 210 Å². The minimum Gasteiger partial charge on any atom is -0.350 e. The van der Waals surface area contributed by atoms with Crippen LogP contribution in [-0.4, -0.2) is 46.0 Å². The van der Waals surface area contributed by atoms with Gasteiger partial charge >= 0.3 is 6.18 Å². The quantitative estimate of drug-likeness (QED) is 0.325. The van der Waals surface area contributed by atoms with Gasteiger partial charge in [0.2, 0.25) is 0 Å². The number of amides is 1. The molecule has 0 spiro atoms. The van der Waals surface area contributed by atoms with Crippen molar-refractivity contribution in [1.82, 2.24) is 9.62 Å². The lowest BCUT2D eigenvalue weighted by Gasteiger charge is -2.34. The third-order valence-corrected chi connectivity index (χ3v) is 7.53. The minimum atomic E-state index is -4.51. The van der Waals surface area contributed by atoms with E-state index in [2.05, 4.69) is 21.2 Å². The van der Waals surface area contributed by atoms with E-state index in [0.717, 1.165) is 6.07 Å². The number of hydrogen-bond donors (Lipinski definition) is 1. The van der Waals surface area contributed by atoms with Crippen LogP contribution in [0.3, 0.4) is 0 Å². The fourth-order valence-corrected chi connectivity index (χ4v) is 5.32. The zero-order valence-corrected chi connectivity index (χ0v) is 21.4.